The molecule has 0 saturated carbocycles. The maximum atomic E-state index is 12.3. The third kappa shape index (κ3) is 5.39. The molecule has 0 bridgehead atoms. The normalized spacial score (nSPS) is 10.4. The second-order valence-electron chi connectivity index (χ2n) is 6.49. The number of nitrogens with zero attached hydrogens (tertiary/aromatic N) is 5. The highest BCUT2D eigenvalue weighted by Crippen LogP contribution is 2.20. The van der Waals surface area contributed by atoms with Crippen molar-refractivity contribution in [3.8, 4) is 17.8 Å². The molecule has 1 amide bonds. The number of carbonyl (C=O) groups excluding carboxylic acids is 1. The molecule has 3 aromatic rings. The molecule has 8 nitrogen and oxygen atoms in total. The predicted octanol–water partition coefficient (Wildman–Crippen LogP) is 3.57. The summed E-state index contributed by atoms with van der Waals surface area (Å²) in [5.41, 5.74) is 3.66. The summed E-state index contributed by atoms with van der Waals surface area (Å²) in [7, 11) is 0. The van der Waals surface area contributed by atoms with Crippen molar-refractivity contribution in [1.82, 2.24) is 19.7 Å². The fourth-order valence-corrected chi connectivity index (χ4v) is 2.98. The van der Waals surface area contributed by atoms with E-state index in [1.165, 1.54) is 0 Å². The highest BCUT2D eigenvalue weighted by atomic mass is 16.5. The molecule has 0 aliphatic carbocycles. The van der Waals surface area contributed by atoms with Crippen molar-refractivity contribution < 1.29 is 9.53 Å². The number of benzene rings is 1. The van der Waals surface area contributed by atoms with Gasteiger partial charge in [-0.25, -0.2) is 9.97 Å². The second-order valence-corrected chi connectivity index (χ2v) is 6.49. The zero-order valence-electron chi connectivity index (χ0n) is 16.4. The zero-order chi connectivity index (χ0) is 20.6. The van der Waals surface area contributed by atoms with Gasteiger partial charge in [-0.15, -0.1) is 0 Å². The lowest BCUT2D eigenvalue weighted by Gasteiger charge is -2.08. The summed E-state index contributed by atoms with van der Waals surface area (Å²) in [6, 6.07) is 11.1. The van der Waals surface area contributed by atoms with Gasteiger partial charge in [0.15, 0.2) is 0 Å². The van der Waals surface area contributed by atoms with E-state index in [0.717, 1.165) is 17.0 Å². The number of aryl methyl sites for hydroxylation is 2. The van der Waals surface area contributed by atoms with Crippen molar-refractivity contribution in [2.45, 2.75) is 39.7 Å². The number of anilines is 1. The average molecular weight is 390 g/mol. The van der Waals surface area contributed by atoms with Gasteiger partial charge in [0.25, 0.3) is 0 Å². The van der Waals surface area contributed by atoms with Crippen LogP contribution in [0.3, 0.4) is 0 Å². The fraction of sp³-hybridized carbons (Fsp3) is 0.286. The summed E-state index contributed by atoms with van der Waals surface area (Å²) in [5, 5.41) is 16.1. The Morgan fingerprint density at radius 1 is 1.21 bits per heavy atom. The molecule has 0 fully saturated rings. The van der Waals surface area contributed by atoms with Gasteiger partial charge in [-0.05, 0) is 56.2 Å². The number of ether oxygens (including phenoxy) is 1. The molecule has 1 aromatic carbocycles. The van der Waals surface area contributed by atoms with E-state index in [9.17, 15) is 4.79 Å². The molecular formula is C21H22N6O2. The first-order chi connectivity index (χ1) is 14.1. The number of aromatic nitrogens is 4. The Kier molecular flexibility index (Phi) is 6.53. The van der Waals surface area contributed by atoms with Crippen LogP contribution in [0, 0.1) is 25.2 Å². The Morgan fingerprint density at radius 3 is 2.62 bits per heavy atom. The standard InChI is InChI=1S/C21H22N6O2/c1-15-19(16(2)27(26-15)14-3-11-22)9-10-20(28)25-17-5-7-18(8-6-17)29-21-23-12-4-13-24-21/h4-8,12-13H,3,9-10,14H2,1-2H3,(H,25,28). The van der Waals surface area contributed by atoms with Crippen LogP contribution in [-0.4, -0.2) is 25.7 Å². The quantitative estimate of drug-likeness (QED) is 0.630. The van der Waals surface area contributed by atoms with E-state index in [0.29, 0.717) is 37.2 Å². The highest BCUT2D eigenvalue weighted by molar-refractivity contribution is 5.90. The van der Waals surface area contributed by atoms with Crippen molar-refractivity contribution >= 4 is 11.6 Å². The molecule has 0 aliphatic heterocycles. The minimum absolute atomic E-state index is 0.0753. The minimum Gasteiger partial charge on any atom is -0.424 e. The lowest BCUT2D eigenvalue weighted by molar-refractivity contribution is -0.116. The Hall–Kier alpha value is -3.73. The first kappa shape index (κ1) is 20.0. The number of hydrogen-bond donors (Lipinski definition) is 1. The minimum atomic E-state index is -0.0753. The summed E-state index contributed by atoms with van der Waals surface area (Å²) >= 11 is 0. The average Bonchev–Trinajstić information content (AvgIpc) is 3.00. The SMILES string of the molecule is Cc1nn(CCC#N)c(C)c1CCC(=O)Nc1ccc(Oc2ncccn2)cc1. The summed E-state index contributed by atoms with van der Waals surface area (Å²) in [5.74, 6) is 0.513. The molecule has 29 heavy (non-hydrogen) atoms. The number of nitriles is 1. The second kappa shape index (κ2) is 9.46. The molecule has 1 N–H and O–H groups in total. The molecule has 0 spiro atoms. The lowest BCUT2D eigenvalue weighted by Crippen LogP contribution is -2.12. The molecule has 0 atom stereocenters. The Bertz CT molecular complexity index is 1010. The van der Waals surface area contributed by atoms with Gasteiger partial charge in [-0.2, -0.15) is 10.4 Å². The first-order valence-electron chi connectivity index (χ1n) is 9.31. The third-order valence-corrected chi connectivity index (χ3v) is 4.46. The molecule has 8 heteroatoms. The van der Waals surface area contributed by atoms with Crippen LogP contribution in [0.25, 0.3) is 0 Å². The molecular weight excluding hydrogens is 368 g/mol. The Labute approximate surface area is 169 Å². The summed E-state index contributed by atoms with van der Waals surface area (Å²) in [4.78, 5) is 20.3. The smallest absolute Gasteiger partial charge is 0.321 e. The van der Waals surface area contributed by atoms with Gasteiger partial charge in [0, 0.05) is 30.2 Å². The van der Waals surface area contributed by atoms with Crippen molar-refractivity contribution in [2.75, 3.05) is 5.32 Å². The number of nitrogens with one attached hydrogen (secondary N) is 1. The maximum absolute atomic E-state index is 12.3. The van der Waals surface area contributed by atoms with E-state index in [-0.39, 0.29) is 11.9 Å². The molecule has 0 saturated heterocycles. The summed E-state index contributed by atoms with van der Waals surface area (Å²) in [6.45, 7) is 4.47. The molecule has 3 rings (SSSR count). The molecule has 0 radical (unpaired) electrons. The van der Waals surface area contributed by atoms with E-state index in [1.807, 2.05) is 18.5 Å². The fourth-order valence-electron chi connectivity index (χ4n) is 2.98. The molecule has 0 unspecified atom stereocenters. The van der Waals surface area contributed by atoms with Crippen molar-refractivity contribution in [3.63, 3.8) is 0 Å². The Balaban J connectivity index is 1.53. The molecule has 0 aliphatic rings. The topological polar surface area (TPSA) is 106 Å². The number of hydrogen-bond acceptors (Lipinski definition) is 6. The highest BCUT2D eigenvalue weighted by Gasteiger charge is 2.13. The van der Waals surface area contributed by atoms with Gasteiger partial charge in [0.1, 0.15) is 5.75 Å². The summed E-state index contributed by atoms with van der Waals surface area (Å²) < 4.78 is 7.37. The van der Waals surface area contributed by atoms with Gasteiger partial charge in [0.05, 0.1) is 24.7 Å². The zero-order valence-corrected chi connectivity index (χ0v) is 16.4. The number of rotatable bonds is 8. The van der Waals surface area contributed by atoms with Crippen molar-refractivity contribution in [2.24, 2.45) is 0 Å². The first-order valence-corrected chi connectivity index (χ1v) is 9.31. The van der Waals surface area contributed by atoms with Crippen molar-refractivity contribution in [1.29, 1.82) is 5.26 Å². The monoisotopic (exact) mass is 390 g/mol. The van der Waals surface area contributed by atoms with E-state index < -0.39 is 0 Å². The van der Waals surface area contributed by atoms with Gasteiger partial charge in [-0.1, -0.05) is 0 Å². The van der Waals surface area contributed by atoms with Crippen LogP contribution in [0.4, 0.5) is 5.69 Å². The van der Waals surface area contributed by atoms with Crippen LogP contribution in [0.5, 0.6) is 11.8 Å². The van der Waals surface area contributed by atoms with Gasteiger partial charge >= 0.3 is 6.01 Å². The molecule has 148 valence electrons. The van der Waals surface area contributed by atoms with Crippen LogP contribution in [0.1, 0.15) is 29.8 Å². The van der Waals surface area contributed by atoms with Crippen LogP contribution >= 0.6 is 0 Å². The molecule has 2 aromatic heterocycles. The number of amides is 1. The molecule has 2 heterocycles. The predicted molar refractivity (Wildman–Crippen MR) is 107 cm³/mol. The maximum Gasteiger partial charge on any atom is 0.321 e. The number of carbonyl (C=O) groups is 1. The van der Waals surface area contributed by atoms with E-state index >= 15 is 0 Å². The lowest BCUT2D eigenvalue weighted by atomic mass is 10.1. The van der Waals surface area contributed by atoms with E-state index in [2.05, 4.69) is 26.5 Å². The van der Waals surface area contributed by atoms with Gasteiger partial charge in [0.2, 0.25) is 5.91 Å². The Morgan fingerprint density at radius 2 is 1.93 bits per heavy atom. The van der Waals surface area contributed by atoms with Crippen LogP contribution < -0.4 is 10.1 Å². The van der Waals surface area contributed by atoms with Crippen LogP contribution in [0.2, 0.25) is 0 Å². The van der Waals surface area contributed by atoms with Crippen molar-refractivity contribution in [3.05, 3.63) is 59.7 Å². The largest absolute Gasteiger partial charge is 0.424 e. The van der Waals surface area contributed by atoms with Crippen LogP contribution in [0.15, 0.2) is 42.7 Å². The van der Waals surface area contributed by atoms with Crippen LogP contribution in [-0.2, 0) is 17.8 Å². The van der Waals surface area contributed by atoms with Gasteiger partial charge < -0.3 is 10.1 Å². The third-order valence-electron chi connectivity index (χ3n) is 4.46. The van der Waals surface area contributed by atoms with E-state index in [4.69, 9.17) is 10.00 Å². The van der Waals surface area contributed by atoms with E-state index in [1.54, 1.807) is 42.7 Å². The summed E-state index contributed by atoms with van der Waals surface area (Å²) in [6.07, 6.45) is 4.57. The van der Waals surface area contributed by atoms with Gasteiger partial charge in [-0.3, -0.25) is 9.48 Å².